The average molecular weight is 143 g/mol. The molecular formula is C6H9NO3. The highest BCUT2D eigenvalue weighted by Gasteiger charge is 2.40. The van der Waals surface area contributed by atoms with Crippen molar-refractivity contribution in [2.45, 2.75) is 25.9 Å². The number of carboxylic acids is 1. The van der Waals surface area contributed by atoms with Crippen molar-refractivity contribution in [1.82, 2.24) is 0 Å². The minimum Gasteiger partial charge on any atom is -0.478 e. The van der Waals surface area contributed by atoms with E-state index < -0.39 is 11.6 Å². The molecule has 0 aromatic rings. The zero-order valence-corrected chi connectivity index (χ0v) is 5.92. The Morgan fingerprint density at radius 3 is 2.70 bits per heavy atom. The lowest BCUT2D eigenvalue weighted by Crippen LogP contribution is -2.34. The quantitative estimate of drug-likeness (QED) is 0.585. The topological polar surface area (TPSA) is 58.9 Å². The molecule has 56 valence electrons. The van der Waals surface area contributed by atoms with Crippen LogP contribution in [-0.4, -0.2) is 22.4 Å². The summed E-state index contributed by atoms with van der Waals surface area (Å²) in [6.45, 7) is 3.25. The van der Waals surface area contributed by atoms with Gasteiger partial charge in [-0.2, -0.15) is 0 Å². The van der Waals surface area contributed by atoms with Crippen molar-refractivity contribution < 1.29 is 14.7 Å². The molecule has 0 spiro atoms. The Hall–Kier alpha value is -1.06. The van der Waals surface area contributed by atoms with Gasteiger partial charge in [0.05, 0.1) is 5.71 Å². The first-order valence-corrected chi connectivity index (χ1v) is 3.00. The number of aliphatic carboxylic acids is 1. The molecule has 0 radical (unpaired) electrons. The molecule has 1 heterocycles. The minimum absolute atomic E-state index is 0.377. The SMILES string of the molecule is CC1=NO[C@](C)(C(=O)O)C1. The first-order chi connectivity index (χ1) is 4.54. The predicted molar refractivity (Wildman–Crippen MR) is 34.9 cm³/mol. The number of nitrogens with zero attached hydrogens (tertiary/aromatic N) is 1. The van der Waals surface area contributed by atoms with Gasteiger partial charge in [-0.1, -0.05) is 5.16 Å². The van der Waals surface area contributed by atoms with Crippen molar-refractivity contribution >= 4 is 11.7 Å². The molecule has 0 fully saturated rings. The maximum Gasteiger partial charge on any atom is 0.351 e. The molecule has 1 rings (SSSR count). The highest BCUT2D eigenvalue weighted by atomic mass is 16.7. The molecule has 1 N–H and O–H groups in total. The molecule has 1 aliphatic heterocycles. The Bertz CT molecular complexity index is 199. The Kier molecular flexibility index (Phi) is 1.39. The summed E-state index contributed by atoms with van der Waals surface area (Å²) in [7, 11) is 0. The van der Waals surface area contributed by atoms with Crippen molar-refractivity contribution in [2.24, 2.45) is 5.16 Å². The van der Waals surface area contributed by atoms with E-state index in [1.807, 2.05) is 0 Å². The van der Waals surface area contributed by atoms with Crippen LogP contribution in [0, 0.1) is 0 Å². The molecule has 0 saturated heterocycles. The van der Waals surface area contributed by atoms with E-state index in [2.05, 4.69) is 5.16 Å². The molecule has 0 bridgehead atoms. The fourth-order valence-corrected chi connectivity index (χ4v) is 0.846. The molecule has 0 aromatic carbocycles. The third-order valence-corrected chi connectivity index (χ3v) is 1.45. The molecular weight excluding hydrogens is 134 g/mol. The summed E-state index contributed by atoms with van der Waals surface area (Å²) in [4.78, 5) is 15.2. The van der Waals surface area contributed by atoms with E-state index in [0.29, 0.717) is 6.42 Å². The molecule has 4 heteroatoms. The van der Waals surface area contributed by atoms with Gasteiger partial charge in [-0.25, -0.2) is 4.79 Å². The van der Waals surface area contributed by atoms with E-state index in [1.165, 1.54) is 6.92 Å². The van der Waals surface area contributed by atoms with Crippen LogP contribution in [0.15, 0.2) is 5.16 Å². The number of rotatable bonds is 1. The van der Waals surface area contributed by atoms with Gasteiger partial charge in [0.25, 0.3) is 0 Å². The number of carboxylic acid groups (broad SMARTS) is 1. The lowest BCUT2D eigenvalue weighted by molar-refractivity contribution is -0.160. The van der Waals surface area contributed by atoms with Crippen LogP contribution in [0.3, 0.4) is 0 Å². The number of oxime groups is 1. The molecule has 4 nitrogen and oxygen atoms in total. The number of hydrogen-bond donors (Lipinski definition) is 1. The summed E-state index contributed by atoms with van der Waals surface area (Å²) < 4.78 is 0. The van der Waals surface area contributed by atoms with E-state index >= 15 is 0 Å². The van der Waals surface area contributed by atoms with Crippen molar-refractivity contribution in [2.75, 3.05) is 0 Å². The van der Waals surface area contributed by atoms with Crippen molar-refractivity contribution in [3.8, 4) is 0 Å². The van der Waals surface area contributed by atoms with E-state index in [1.54, 1.807) is 6.92 Å². The second-order valence-corrected chi connectivity index (χ2v) is 2.63. The van der Waals surface area contributed by atoms with Gasteiger partial charge in [0, 0.05) is 6.42 Å². The van der Waals surface area contributed by atoms with Gasteiger partial charge in [0.2, 0.25) is 5.60 Å². The molecule has 0 amide bonds. The largest absolute Gasteiger partial charge is 0.478 e. The van der Waals surface area contributed by atoms with Gasteiger partial charge in [-0.3, -0.25) is 0 Å². The maximum atomic E-state index is 10.5. The lowest BCUT2D eigenvalue weighted by Gasteiger charge is -2.14. The van der Waals surface area contributed by atoms with Crippen LogP contribution >= 0.6 is 0 Å². The van der Waals surface area contributed by atoms with Gasteiger partial charge >= 0.3 is 5.97 Å². The van der Waals surface area contributed by atoms with Gasteiger partial charge in [-0.05, 0) is 13.8 Å². The number of carbonyl (C=O) groups is 1. The van der Waals surface area contributed by atoms with Crippen LogP contribution in [0.25, 0.3) is 0 Å². The van der Waals surface area contributed by atoms with Crippen molar-refractivity contribution in [3.05, 3.63) is 0 Å². The van der Waals surface area contributed by atoms with E-state index in [0.717, 1.165) is 5.71 Å². The van der Waals surface area contributed by atoms with Gasteiger partial charge in [0.15, 0.2) is 0 Å². The summed E-state index contributed by atoms with van der Waals surface area (Å²) >= 11 is 0. The van der Waals surface area contributed by atoms with Crippen LogP contribution < -0.4 is 0 Å². The van der Waals surface area contributed by atoms with Crippen LogP contribution in [0.1, 0.15) is 20.3 Å². The van der Waals surface area contributed by atoms with E-state index in [-0.39, 0.29) is 0 Å². The smallest absolute Gasteiger partial charge is 0.351 e. The summed E-state index contributed by atoms with van der Waals surface area (Å²) in [5, 5.41) is 12.1. The fraction of sp³-hybridized carbons (Fsp3) is 0.667. The zero-order chi connectivity index (χ0) is 7.78. The zero-order valence-electron chi connectivity index (χ0n) is 5.92. The number of hydrogen-bond acceptors (Lipinski definition) is 3. The van der Waals surface area contributed by atoms with Crippen molar-refractivity contribution in [3.63, 3.8) is 0 Å². The maximum absolute atomic E-state index is 10.5. The highest BCUT2D eigenvalue weighted by molar-refractivity contribution is 5.91. The predicted octanol–water partition coefficient (Wildman–Crippen LogP) is 0.626. The van der Waals surface area contributed by atoms with Crippen molar-refractivity contribution in [1.29, 1.82) is 0 Å². The van der Waals surface area contributed by atoms with Gasteiger partial charge in [0.1, 0.15) is 0 Å². The molecule has 0 saturated carbocycles. The van der Waals surface area contributed by atoms with E-state index in [4.69, 9.17) is 9.94 Å². The molecule has 0 aliphatic carbocycles. The molecule has 0 aromatic heterocycles. The first kappa shape index (κ1) is 7.05. The van der Waals surface area contributed by atoms with E-state index in [9.17, 15) is 4.79 Å². The first-order valence-electron chi connectivity index (χ1n) is 3.00. The Labute approximate surface area is 58.5 Å². The summed E-state index contributed by atoms with van der Waals surface area (Å²) in [6.07, 6.45) is 0.377. The van der Waals surface area contributed by atoms with Crippen LogP contribution in [0.2, 0.25) is 0 Å². The second-order valence-electron chi connectivity index (χ2n) is 2.63. The second kappa shape index (κ2) is 1.97. The summed E-state index contributed by atoms with van der Waals surface area (Å²) in [5.74, 6) is -0.965. The molecule has 1 aliphatic rings. The van der Waals surface area contributed by atoms with Crippen LogP contribution in [0.4, 0.5) is 0 Å². The third-order valence-electron chi connectivity index (χ3n) is 1.45. The molecule has 0 unspecified atom stereocenters. The minimum atomic E-state index is -1.12. The van der Waals surface area contributed by atoms with Gasteiger partial charge in [-0.15, -0.1) is 0 Å². The van der Waals surface area contributed by atoms with Crippen LogP contribution in [-0.2, 0) is 9.63 Å². The highest BCUT2D eigenvalue weighted by Crippen LogP contribution is 2.22. The fourth-order valence-electron chi connectivity index (χ4n) is 0.846. The normalized spacial score (nSPS) is 31.2. The summed E-state index contributed by atoms with van der Waals surface area (Å²) in [5.41, 5.74) is -0.394. The Balaban J connectivity index is 2.70. The monoisotopic (exact) mass is 143 g/mol. The van der Waals surface area contributed by atoms with Gasteiger partial charge < -0.3 is 9.94 Å². The molecule has 1 atom stereocenters. The average Bonchev–Trinajstić information content (AvgIpc) is 2.13. The summed E-state index contributed by atoms with van der Waals surface area (Å²) in [6, 6.07) is 0. The molecule has 10 heavy (non-hydrogen) atoms. The standard InChI is InChI=1S/C6H9NO3/c1-4-3-6(2,5(8)9)10-7-4/h3H2,1-2H3,(H,8,9)/t6-/m0/s1. The Morgan fingerprint density at radius 2 is 2.50 bits per heavy atom. The van der Waals surface area contributed by atoms with Crippen LogP contribution in [0.5, 0.6) is 0 Å². The lowest BCUT2D eigenvalue weighted by atomic mass is 10.0. The third kappa shape index (κ3) is 0.964. The Morgan fingerprint density at radius 1 is 1.90 bits per heavy atom.